The van der Waals surface area contributed by atoms with Crippen molar-refractivity contribution in [2.24, 2.45) is 29.6 Å². The summed E-state index contributed by atoms with van der Waals surface area (Å²) in [7, 11) is 0. The summed E-state index contributed by atoms with van der Waals surface area (Å²) in [6, 6.07) is 0. The van der Waals surface area contributed by atoms with Gasteiger partial charge in [0.15, 0.2) is 0 Å². The van der Waals surface area contributed by atoms with Crippen molar-refractivity contribution >= 4 is 0 Å². The summed E-state index contributed by atoms with van der Waals surface area (Å²) in [6.07, 6.45) is 4.09. The number of hydrogen-bond acceptors (Lipinski definition) is 3. The average Bonchev–Trinajstić information content (AvgIpc) is 3.04. The second kappa shape index (κ2) is 6.26. The molecule has 2 aliphatic carbocycles. The highest BCUT2D eigenvalue weighted by molar-refractivity contribution is 5.25. The van der Waals surface area contributed by atoms with E-state index in [4.69, 9.17) is 4.74 Å². The molecule has 1 saturated heterocycles. The Hall–Kier alpha value is -0.640. The van der Waals surface area contributed by atoms with Crippen molar-refractivity contribution in [3.05, 3.63) is 23.8 Å². The number of hydrogen-bond donors (Lipinski definition) is 2. The molecule has 2 saturated carbocycles. The largest absolute Gasteiger partial charge is 0.392 e. The summed E-state index contributed by atoms with van der Waals surface area (Å²) in [5.74, 6) is 1.42. The molecule has 3 nitrogen and oxygen atoms in total. The van der Waals surface area contributed by atoms with Gasteiger partial charge in [-0.2, -0.15) is 0 Å². The van der Waals surface area contributed by atoms with Crippen LogP contribution in [-0.4, -0.2) is 34.1 Å². The number of aliphatic hydroxyl groups is 2. The minimum atomic E-state index is -0.432. The van der Waals surface area contributed by atoms with Crippen molar-refractivity contribution < 1.29 is 14.9 Å². The van der Waals surface area contributed by atoms with Gasteiger partial charge in [0.1, 0.15) is 0 Å². The molecule has 0 aromatic heterocycles. The molecule has 1 aliphatic heterocycles. The first-order valence-electron chi connectivity index (χ1n) is 9.52. The Morgan fingerprint density at radius 3 is 2.71 bits per heavy atom. The van der Waals surface area contributed by atoms with E-state index in [0.29, 0.717) is 24.4 Å². The van der Waals surface area contributed by atoms with E-state index in [-0.39, 0.29) is 29.5 Å². The third-order valence-corrected chi connectivity index (χ3v) is 6.95. The molecule has 3 aliphatic rings. The van der Waals surface area contributed by atoms with E-state index >= 15 is 0 Å². The zero-order chi connectivity index (χ0) is 17.8. The molecule has 0 aromatic carbocycles. The molecule has 6 unspecified atom stereocenters. The molecule has 3 fully saturated rings. The van der Waals surface area contributed by atoms with E-state index in [1.54, 1.807) is 0 Å². The van der Waals surface area contributed by atoms with Crippen molar-refractivity contribution in [3.63, 3.8) is 0 Å². The fourth-order valence-electron chi connectivity index (χ4n) is 5.49. The molecule has 0 aromatic rings. The van der Waals surface area contributed by atoms with Gasteiger partial charge in [-0.25, -0.2) is 0 Å². The van der Waals surface area contributed by atoms with Crippen molar-refractivity contribution in [3.8, 4) is 0 Å². The Labute approximate surface area is 146 Å². The zero-order valence-electron chi connectivity index (χ0n) is 15.8. The van der Waals surface area contributed by atoms with E-state index in [1.165, 1.54) is 5.57 Å². The lowest BCUT2D eigenvalue weighted by Gasteiger charge is -2.35. The van der Waals surface area contributed by atoms with Gasteiger partial charge in [0, 0.05) is 5.92 Å². The van der Waals surface area contributed by atoms with Crippen LogP contribution in [-0.2, 0) is 4.74 Å². The van der Waals surface area contributed by atoms with E-state index < -0.39 is 6.10 Å². The summed E-state index contributed by atoms with van der Waals surface area (Å²) in [6.45, 7) is 15.0. The van der Waals surface area contributed by atoms with Crippen LogP contribution in [0.2, 0.25) is 0 Å². The molecule has 3 rings (SSSR count). The summed E-state index contributed by atoms with van der Waals surface area (Å²) in [4.78, 5) is 0. The number of epoxide rings is 1. The maximum atomic E-state index is 11.3. The highest BCUT2D eigenvalue weighted by Gasteiger charge is 2.69. The number of allylic oxidation sites excluding steroid dienone is 2. The van der Waals surface area contributed by atoms with Gasteiger partial charge in [-0.1, -0.05) is 37.6 Å². The van der Waals surface area contributed by atoms with E-state index in [2.05, 4.69) is 27.4 Å². The molecule has 9 atom stereocenters. The van der Waals surface area contributed by atoms with Gasteiger partial charge in [-0.05, 0) is 63.7 Å². The highest BCUT2D eigenvalue weighted by Crippen LogP contribution is 2.62. The average molecular weight is 335 g/mol. The molecule has 3 heteroatoms. The van der Waals surface area contributed by atoms with Crippen LogP contribution < -0.4 is 0 Å². The van der Waals surface area contributed by atoms with E-state index in [9.17, 15) is 10.2 Å². The normalized spacial score (nSPS) is 46.5. The maximum absolute atomic E-state index is 11.3. The number of rotatable bonds is 4. The van der Waals surface area contributed by atoms with Crippen LogP contribution in [0.25, 0.3) is 0 Å². The standard InChI is InChI=1S/C21H34O3/c1-11(2)7-15(22)8-13(4)16-9-12(3)14(5)17-10-18-21(6,24-18)19(17)20(16)23/h7,12-13,15-20,22-23H,5,8-10H2,1-4,6H3/t12?,13-,15?,16?,17?,18?,19-,20-,21?/m1/s1. The van der Waals surface area contributed by atoms with Crippen molar-refractivity contribution in [2.75, 3.05) is 0 Å². The molecule has 0 bridgehead atoms. The third-order valence-electron chi connectivity index (χ3n) is 6.95. The molecular formula is C21H34O3. The summed E-state index contributed by atoms with van der Waals surface area (Å²) in [5, 5.41) is 21.6. The lowest BCUT2D eigenvalue weighted by Crippen LogP contribution is -2.41. The van der Waals surface area contributed by atoms with Crippen LogP contribution in [0.3, 0.4) is 0 Å². The number of ether oxygens (including phenoxy) is 1. The van der Waals surface area contributed by atoms with Crippen LogP contribution in [0.5, 0.6) is 0 Å². The fourth-order valence-corrected chi connectivity index (χ4v) is 5.49. The Morgan fingerprint density at radius 2 is 2.08 bits per heavy atom. The Bertz CT molecular complexity index is 535. The lowest BCUT2D eigenvalue weighted by atomic mass is 9.74. The van der Waals surface area contributed by atoms with Crippen LogP contribution in [0.4, 0.5) is 0 Å². The highest BCUT2D eigenvalue weighted by atomic mass is 16.6. The van der Waals surface area contributed by atoms with Crippen LogP contribution >= 0.6 is 0 Å². The van der Waals surface area contributed by atoms with Crippen molar-refractivity contribution in [1.82, 2.24) is 0 Å². The minimum Gasteiger partial charge on any atom is -0.392 e. The second-order valence-corrected chi connectivity index (χ2v) is 9.05. The predicted molar refractivity (Wildman–Crippen MR) is 96.5 cm³/mol. The van der Waals surface area contributed by atoms with Gasteiger partial charge >= 0.3 is 0 Å². The first-order valence-corrected chi connectivity index (χ1v) is 9.52. The number of aliphatic hydroxyl groups excluding tert-OH is 2. The minimum absolute atomic E-state index is 0.159. The molecule has 0 spiro atoms. The molecular weight excluding hydrogens is 300 g/mol. The van der Waals surface area contributed by atoms with E-state index in [1.807, 2.05) is 19.9 Å². The third kappa shape index (κ3) is 3.00. The first-order chi connectivity index (χ1) is 11.1. The quantitative estimate of drug-likeness (QED) is 0.609. The molecule has 136 valence electrons. The number of fused-ring (bicyclic) bond motifs is 3. The predicted octanol–water partition coefficient (Wildman–Crippen LogP) is 3.71. The van der Waals surface area contributed by atoms with Gasteiger partial charge in [-0.15, -0.1) is 0 Å². The van der Waals surface area contributed by atoms with Crippen molar-refractivity contribution in [2.45, 2.75) is 77.8 Å². The molecule has 24 heavy (non-hydrogen) atoms. The maximum Gasteiger partial charge on any atom is 0.0979 e. The van der Waals surface area contributed by atoms with Crippen molar-refractivity contribution in [1.29, 1.82) is 0 Å². The van der Waals surface area contributed by atoms with Gasteiger partial charge in [-0.3, -0.25) is 0 Å². The monoisotopic (exact) mass is 334 g/mol. The second-order valence-electron chi connectivity index (χ2n) is 9.05. The Balaban J connectivity index is 1.80. The van der Waals surface area contributed by atoms with Gasteiger partial charge < -0.3 is 14.9 Å². The summed E-state index contributed by atoms with van der Waals surface area (Å²) < 4.78 is 5.92. The van der Waals surface area contributed by atoms with E-state index in [0.717, 1.165) is 18.4 Å². The Morgan fingerprint density at radius 1 is 1.42 bits per heavy atom. The smallest absolute Gasteiger partial charge is 0.0979 e. The van der Waals surface area contributed by atoms with Crippen LogP contribution in [0.1, 0.15) is 53.9 Å². The lowest BCUT2D eigenvalue weighted by molar-refractivity contribution is -0.0231. The molecule has 2 N–H and O–H groups in total. The molecule has 1 heterocycles. The summed E-state index contributed by atoms with van der Waals surface area (Å²) in [5.41, 5.74) is 2.28. The first kappa shape index (κ1) is 18.2. The SMILES string of the molecule is C=C1C(C)CC([C@H](C)CC(O)C=C(C)C)[C@@H](O)[C@H]2C1CC1OC12C. The van der Waals surface area contributed by atoms with Crippen LogP contribution in [0.15, 0.2) is 23.8 Å². The Kier molecular flexibility index (Phi) is 4.74. The molecule has 0 amide bonds. The van der Waals surface area contributed by atoms with Gasteiger partial charge in [0.2, 0.25) is 0 Å². The van der Waals surface area contributed by atoms with Gasteiger partial charge in [0.25, 0.3) is 0 Å². The molecule has 0 radical (unpaired) electrons. The zero-order valence-corrected chi connectivity index (χ0v) is 15.8. The topological polar surface area (TPSA) is 53.0 Å². The summed E-state index contributed by atoms with van der Waals surface area (Å²) >= 11 is 0. The van der Waals surface area contributed by atoms with Crippen LogP contribution in [0, 0.1) is 29.6 Å². The van der Waals surface area contributed by atoms with Gasteiger partial charge in [0.05, 0.1) is 23.9 Å². The fraction of sp³-hybridized carbons (Fsp3) is 0.810.